The number of thiophene rings is 1. The minimum Gasteiger partial charge on any atom is -0.463 e. The van der Waals surface area contributed by atoms with E-state index < -0.39 is 11.6 Å². The van der Waals surface area contributed by atoms with Crippen molar-refractivity contribution in [2.45, 2.75) is 55.9 Å². The highest BCUT2D eigenvalue weighted by molar-refractivity contribution is 7.16. The number of carbonyl (C=O) groups excluding carboxylic acids is 2. The van der Waals surface area contributed by atoms with Crippen LogP contribution in [0.5, 0.6) is 6.01 Å². The zero-order valence-electron chi connectivity index (χ0n) is 25.3. The van der Waals surface area contributed by atoms with Crippen LogP contribution in [0.4, 0.5) is 21.7 Å². The second-order valence-electron chi connectivity index (χ2n) is 13.7. The Labute approximate surface area is 265 Å². The first kappa shape index (κ1) is 28.7. The van der Waals surface area contributed by atoms with Crippen molar-refractivity contribution in [1.29, 1.82) is 5.26 Å². The van der Waals surface area contributed by atoms with Gasteiger partial charge in [0.15, 0.2) is 0 Å². The number of hydrogen-bond donors (Lipinski definition) is 3. The maximum absolute atomic E-state index is 12.8. The molecular formula is C30H38N10O4S. The first-order valence-corrected chi connectivity index (χ1v) is 16.8. The summed E-state index contributed by atoms with van der Waals surface area (Å²) in [5.41, 5.74) is 6.92. The number of ether oxygens (including phenoxy) is 2. The predicted molar refractivity (Wildman–Crippen MR) is 165 cm³/mol. The molecule has 238 valence electrons. The second kappa shape index (κ2) is 10.7. The van der Waals surface area contributed by atoms with Crippen LogP contribution in [-0.4, -0.2) is 103 Å². The van der Waals surface area contributed by atoms with Crippen LogP contribution < -0.4 is 30.9 Å². The lowest BCUT2D eigenvalue weighted by Gasteiger charge is -2.52. The number of nitrogens with two attached hydrogens (primary N) is 1. The first-order valence-electron chi connectivity index (χ1n) is 15.9. The highest BCUT2D eigenvalue weighted by atomic mass is 32.1. The van der Waals surface area contributed by atoms with E-state index in [4.69, 9.17) is 30.2 Å². The van der Waals surface area contributed by atoms with Gasteiger partial charge in [-0.25, -0.2) is 4.79 Å². The highest BCUT2D eigenvalue weighted by Crippen LogP contribution is 2.51. The van der Waals surface area contributed by atoms with Crippen molar-refractivity contribution in [3.05, 3.63) is 16.0 Å². The lowest BCUT2D eigenvalue weighted by atomic mass is 9.66. The van der Waals surface area contributed by atoms with Crippen molar-refractivity contribution in [3.8, 4) is 12.1 Å². The molecule has 5 fully saturated rings. The summed E-state index contributed by atoms with van der Waals surface area (Å²) in [6.07, 6.45) is 6.43. The molecule has 3 amide bonds. The van der Waals surface area contributed by atoms with Gasteiger partial charge >= 0.3 is 12.0 Å². The molecule has 2 aromatic heterocycles. The fourth-order valence-electron chi connectivity index (χ4n) is 7.90. The van der Waals surface area contributed by atoms with E-state index in [1.165, 1.54) is 4.88 Å². The third-order valence-corrected chi connectivity index (χ3v) is 11.6. The number of imide groups is 1. The average molecular weight is 635 g/mol. The third-order valence-electron chi connectivity index (χ3n) is 10.5. The first-order chi connectivity index (χ1) is 21.8. The summed E-state index contributed by atoms with van der Waals surface area (Å²) in [5.74, 6) is 0.638. The maximum Gasteiger partial charge on any atom is 0.323 e. The number of aryl methyl sites for hydroxylation is 1. The van der Waals surface area contributed by atoms with Gasteiger partial charge in [0, 0.05) is 55.0 Å². The number of fused-ring (bicyclic) bond motifs is 2. The molecule has 4 N–H and O–H groups in total. The zero-order valence-corrected chi connectivity index (χ0v) is 26.1. The van der Waals surface area contributed by atoms with E-state index in [1.54, 1.807) is 11.3 Å². The quantitative estimate of drug-likeness (QED) is 0.371. The Morgan fingerprint density at radius 3 is 2.49 bits per heavy atom. The summed E-state index contributed by atoms with van der Waals surface area (Å²) in [4.78, 5) is 47.1. The van der Waals surface area contributed by atoms with Crippen molar-refractivity contribution in [2.24, 2.45) is 5.41 Å². The molecule has 2 spiro atoms. The molecule has 0 radical (unpaired) electrons. The van der Waals surface area contributed by atoms with Crippen LogP contribution in [0.15, 0.2) is 0 Å². The molecule has 1 atom stereocenters. The minimum absolute atomic E-state index is 0.0809. The topological polar surface area (TPSA) is 175 Å². The summed E-state index contributed by atoms with van der Waals surface area (Å²) >= 11 is 1.55. The maximum atomic E-state index is 12.8. The molecule has 8 rings (SSSR count). The van der Waals surface area contributed by atoms with Crippen LogP contribution >= 0.6 is 11.3 Å². The molecular weight excluding hydrogens is 596 g/mol. The van der Waals surface area contributed by atoms with E-state index in [1.807, 2.05) is 4.90 Å². The summed E-state index contributed by atoms with van der Waals surface area (Å²) in [5, 5.41) is 15.8. The van der Waals surface area contributed by atoms with E-state index in [2.05, 4.69) is 26.5 Å². The fourth-order valence-corrected chi connectivity index (χ4v) is 9.08. The number of rotatable bonds is 7. The Morgan fingerprint density at radius 1 is 1.00 bits per heavy atom. The van der Waals surface area contributed by atoms with Gasteiger partial charge in [-0.1, -0.05) is 0 Å². The minimum atomic E-state index is -1.01. The molecule has 4 saturated heterocycles. The van der Waals surface area contributed by atoms with Crippen LogP contribution in [0.1, 0.15) is 54.5 Å². The van der Waals surface area contributed by atoms with Crippen LogP contribution in [-0.2, 0) is 21.4 Å². The van der Waals surface area contributed by atoms with E-state index in [0.29, 0.717) is 61.5 Å². The molecule has 2 aliphatic carbocycles. The number of carbonyl (C=O) groups is 2. The highest BCUT2D eigenvalue weighted by Gasteiger charge is 2.52. The van der Waals surface area contributed by atoms with Gasteiger partial charge in [0.05, 0.1) is 31.9 Å². The average Bonchev–Trinajstić information content (AvgIpc) is 3.62. The van der Waals surface area contributed by atoms with E-state index in [9.17, 15) is 14.9 Å². The number of piperidine rings is 1. The molecule has 6 aliphatic rings. The number of amides is 3. The van der Waals surface area contributed by atoms with Crippen LogP contribution in [0, 0.1) is 16.7 Å². The normalized spacial score (nSPS) is 26.6. The van der Waals surface area contributed by atoms with Crippen LogP contribution in [0.2, 0.25) is 0 Å². The van der Waals surface area contributed by atoms with Gasteiger partial charge in [-0.15, -0.1) is 11.3 Å². The van der Waals surface area contributed by atoms with Crippen molar-refractivity contribution in [1.82, 2.24) is 30.5 Å². The molecule has 0 unspecified atom stereocenters. The summed E-state index contributed by atoms with van der Waals surface area (Å²) < 4.78 is 11.9. The van der Waals surface area contributed by atoms with Crippen LogP contribution in [0.3, 0.4) is 0 Å². The van der Waals surface area contributed by atoms with E-state index in [0.717, 1.165) is 70.5 Å². The van der Waals surface area contributed by atoms with E-state index in [-0.39, 0.29) is 29.3 Å². The lowest BCUT2D eigenvalue weighted by molar-refractivity contribution is -0.124. The fraction of sp³-hybridized carbons (Fsp3) is 0.667. The van der Waals surface area contributed by atoms with Gasteiger partial charge in [-0.3, -0.25) is 15.0 Å². The summed E-state index contributed by atoms with van der Waals surface area (Å²) in [6, 6.07) is 2.16. The van der Waals surface area contributed by atoms with E-state index >= 15 is 0 Å². The molecule has 6 heterocycles. The number of nitrogens with zero attached hydrogens (tertiary/aromatic N) is 7. The van der Waals surface area contributed by atoms with Crippen molar-refractivity contribution >= 4 is 40.2 Å². The Bertz CT molecular complexity index is 1570. The van der Waals surface area contributed by atoms with Crippen LogP contribution in [0.25, 0.3) is 0 Å². The van der Waals surface area contributed by atoms with Crippen molar-refractivity contribution < 1.29 is 19.1 Å². The van der Waals surface area contributed by atoms with Gasteiger partial charge in [0.1, 0.15) is 16.6 Å². The molecule has 14 nitrogen and oxygen atoms in total. The third kappa shape index (κ3) is 5.03. The number of nitrogen functional groups attached to an aromatic ring is 1. The summed E-state index contributed by atoms with van der Waals surface area (Å²) in [6.45, 7) is 7.14. The Balaban J connectivity index is 1.06. The van der Waals surface area contributed by atoms with Gasteiger partial charge in [-0.05, 0) is 50.5 Å². The SMILES string of the molecule is N#Cc1c(N)sc2c1C1(CCC2)CN(c2nc(OCC3(CN4CCOCC4)CC3)nc(N3CCC[C@]4(C3)NC(=O)NC4=O)n2)C1. The smallest absolute Gasteiger partial charge is 0.323 e. The molecule has 15 heteroatoms. The molecule has 1 saturated carbocycles. The molecule has 45 heavy (non-hydrogen) atoms. The van der Waals surface area contributed by atoms with Gasteiger partial charge in [0.2, 0.25) is 11.9 Å². The summed E-state index contributed by atoms with van der Waals surface area (Å²) in [7, 11) is 0. The monoisotopic (exact) mass is 634 g/mol. The molecule has 0 bridgehead atoms. The lowest BCUT2D eigenvalue weighted by Crippen LogP contribution is -2.61. The number of urea groups is 1. The predicted octanol–water partition coefficient (Wildman–Crippen LogP) is 1.15. The Hall–Kier alpha value is -3.74. The number of aromatic nitrogens is 3. The van der Waals surface area contributed by atoms with Gasteiger partial charge in [0.25, 0.3) is 5.91 Å². The van der Waals surface area contributed by atoms with Crippen molar-refractivity contribution in [3.63, 3.8) is 0 Å². The van der Waals surface area contributed by atoms with Gasteiger partial charge < -0.3 is 30.3 Å². The number of nitrogens with one attached hydrogen (secondary N) is 2. The number of nitriles is 1. The Kier molecular flexibility index (Phi) is 6.81. The number of morpholine rings is 1. The molecule has 2 aromatic rings. The van der Waals surface area contributed by atoms with Crippen molar-refractivity contribution in [2.75, 3.05) is 81.2 Å². The number of anilines is 3. The zero-order chi connectivity index (χ0) is 30.8. The molecule has 4 aliphatic heterocycles. The molecule has 0 aromatic carbocycles. The standard InChI is InChI=1S/C30H38N10O4S/c31-13-19-21-20(45-22(19)32)3-1-4-29(21)15-40(16-29)25-34-24(39-8-2-5-30(17-39)23(41)33-26(42)37-30)35-27(36-25)44-18-28(6-7-28)14-38-9-11-43-12-10-38/h1-12,14-18,32H2,(H2,33,37,41,42)/t30-/m1/s1. The number of hydrogen-bond acceptors (Lipinski definition) is 13. The van der Waals surface area contributed by atoms with Gasteiger partial charge in [-0.2, -0.15) is 20.2 Å². The largest absolute Gasteiger partial charge is 0.463 e. The second-order valence-corrected chi connectivity index (χ2v) is 14.8. The Morgan fingerprint density at radius 2 is 1.78 bits per heavy atom.